The maximum atomic E-state index is 12.2. The molecular formula is C48H42N4O10. The van der Waals surface area contributed by atoms with Gasteiger partial charge in [0.05, 0.1) is 31.8 Å². The zero-order chi connectivity index (χ0) is 44.3. The lowest BCUT2D eigenvalue weighted by Gasteiger charge is -2.47. The third-order valence-corrected chi connectivity index (χ3v) is 13.2. The van der Waals surface area contributed by atoms with Gasteiger partial charge in [-0.05, 0) is 136 Å². The number of hydrogen-bond acceptors (Lipinski definition) is 10. The SMILES string of the molecule is Cc1cc([N+](=O)[O-])cc2c1OC1(C=C2)N(Cc2ccc(CN3c4ccc(C(=O)O)cc4C(C)(C)C34C=Cc3cc([N+](=O)[O-])cc(C)c3O4)cc2)c2ccc(C(=O)O)cc2C1(C)C. The molecule has 0 saturated heterocycles. The molecule has 4 heterocycles. The molecule has 0 amide bonds. The molecular weight excluding hydrogens is 793 g/mol. The Morgan fingerprint density at radius 2 is 0.968 bits per heavy atom. The van der Waals surface area contributed by atoms with E-state index in [1.165, 1.54) is 24.3 Å². The van der Waals surface area contributed by atoms with Gasteiger partial charge >= 0.3 is 11.9 Å². The molecule has 14 heteroatoms. The summed E-state index contributed by atoms with van der Waals surface area (Å²) in [6, 6.07) is 24.2. The van der Waals surface area contributed by atoms with E-state index in [-0.39, 0.29) is 22.5 Å². The first-order chi connectivity index (χ1) is 29.3. The molecule has 2 unspecified atom stereocenters. The first-order valence-corrected chi connectivity index (χ1v) is 20.0. The summed E-state index contributed by atoms with van der Waals surface area (Å²) in [7, 11) is 0. The zero-order valence-corrected chi connectivity index (χ0v) is 34.8. The normalized spacial score (nSPS) is 20.5. The fourth-order valence-electron chi connectivity index (χ4n) is 9.80. The number of non-ortho nitro benzene ring substituents is 2. The second-order valence-electron chi connectivity index (χ2n) is 17.5. The van der Waals surface area contributed by atoms with Crippen LogP contribution in [-0.2, 0) is 23.9 Å². The molecule has 0 radical (unpaired) electrons. The number of anilines is 2. The van der Waals surface area contributed by atoms with Crippen molar-refractivity contribution in [1.82, 2.24) is 0 Å². The van der Waals surface area contributed by atoms with Crippen LogP contribution in [0.4, 0.5) is 22.7 Å². The topological polar surface area (TPSA) is 186 Å². The van der Waals surface area contributed by atoms with Crippen molar-refractivity contribution in [3.05, 3.63) is 173 Å². The van der Waals surface area contributed by atoms with E-state index in [0.29, 0.717) is 46.8 Å². The van der Waals surface area contributed by atoms with E-state index in [9.17, 15) is 40.0 Å². The van der Waals surface area contributed by atoms with Crippen LogP contribution in [0.25, 0.3) is 12.2 Å². The molecule has 0 aromatic heterocycles. The van der Waals surface area contributed by atoms with Gasteiger partial charge < -0.3 is 29.5 Å². The minimum absolute atomic E-state index is 0.0448. The number of hydrogen-bond donors (Lipinski definition) is 2. The van der Waals surface area contributed by atoms with Crippen LogP contribution in [0.1, 0.15) is 92.9 Å². The van der Waals surface area contributed by atoms with Crippen molar-refractivity contribution in [1.29, 1.82) is 0 Å². The standard InChI is InChI=1S/C48H42N4O10/c1-27-19-35(51(57)58)21-31-15-17-47(61-41(27)31)45(3,4)37-23-33(43(53)54)11-13-39(37)49(47)25-29-7-9-30(10-8-29)26-50-40-14-12-34(44(55)56)24-38(40)46(5,6)48(50)18-16-32-22-36(52(59)60)20-28(2)42(32)62-48/h7-24H,25-26H2,1-6H3,(H,53,54)(H,55,56). The van der Waals surface area contributed by atoms with E-state index >= 15 is 0 Å². The summed E-state index contributed by atoms with van der Waals surface area (Å²) in [6.45, 7) is 12.3. The molecule has 62 heavy (non-hydrogen) atoms. The third kappa shape index (κ3) is 5.69. The second kappa shape index (κ2) is 13.5. The Balaban J connectivity index is 1.09. The summed E-state index contributed by atoms with van der Waals surface area (Å²) in [4.78, 5) is 51.2. The fraction of sp³-hybridized carbons (Fsp3) is 0.250. The van der Waals surface area contributed by atoms with Crippen LogP contribution in [0.3, 0.4) is 0 Å². The maximum Gasteiger partial charge on any atom is 0.335 e. The lowest BCUT2D eigenvalue weighted by molar-refractivity contribution is -0.385. The van der Waals surface area contributed by atoms with Crippen molar-refractivity contribution < 1.29 is 39.1 Å². The first kappa shape index (κ1) is 40.0. The van der Waals surface area contributed by atoms with Crippen molar-refractivity contribution in [2.45, 2.75) is 76.9 Å². The van der Waals surface area contributed by atoms with Crippen LogP contribution < -0.4 is 19.3 Å². The Kier molecular flexibility index (Phi) is 8.71. The van der Waals surface area contributed by atoms with Gasteiger partial charge in [0.1, 0.15) is 11.5 Å². The highest BCUT2D eigenvalue weighted by molar-refractivity contribution is 5.90. The molecule has 4 aliphatic rings. The average molecular weight is 835 g/mol. The minimum Gasteiger partial charge on any atom is -0.478 e. The monoisotopic (exact) mass is 834 g/mol. The van der Waals surface area contributed by atoms with Crippen molar-refractivity contribution in [2.75, 3.05) is 9.80 Å². The van der Waals surface area contributed by atoms with E-state index in [1.54, 1.807) is 50.2 Å². The molecule has 314 valence electrons. The number of aryl methyl sites for hydroxylation is 2. The van der Waals surface area contributed by atoms with E-state index < -0.39 is 44.1 Å². The van der Waals surface area contributed by atoms with Gasteiger partial charge in [0.15, 0.2) is 0 Å². The molecule has 0 bridgehead atoms. The van der Waals surface area contributed by atoms with E-state index in [4.69, 9.17) is 9.47 Å². The third-order valence-electron chi connectivity index (χ3n) is 13.2. The number of ether oxygens (including phenoxy) is 2. The first-order valence-electron chi connectivity index (χ1n) is 20.0. The quantitative estimate of drug-likeness (QED) is 0.112. The summed E-state index contributed by atoms with van der Waals surface area (Å²) >= 11 is 0. The van der Waals surface area contributed by atoms with Gasteiger partial charge in [-0.25, -0.2) is 9.59 Å². The van der Waals surface area contributed by atoms with E-state index in [2.05, 4.69) is 9.80 Å². The summed E-state index contributed by atoms with van der Waals surface area (Å²) in [6.07, 6.45) is 7.50. The highest BCUT2D eigenvalue weighted by Gasteiger charge is 2.60. The van der Waals surface area contributed by atoms with Crippen LogP contribution in [0, 0.1) is 34.1 Å². The van der Waals surface area contributed by atoms with Gasteiger partial charge in [0.25, 0.3) is 11.4 Å². The Bertz CT molecular complexity index is 2690. The zero-order valence-electron chi connectivity index (χ0n) is 34.8. The number of aromatic carboxylic acids is 2. The Hall–Kier alpha value is -7.48. The maximum absolute atomic E-state index is 12.2. The molecule has 9 rings (SSSR count). The smallest absolute Gasteiger partial charge is 0.335 e. The molecule has 5 aromatic carbocycles. The van der Waals surface area contributed by atoms with Crippen molar-refractivity contribution >= 4 is 46.8 Å². The number of nitro groups is 2. The molecule has 0 aliphatic carbocycles. The van der Waals surface area contributed by atoms with Crippen molar-refractivity contribution in [3.8, 4) is 11.5 Å². The molecule has 4 aliphatic heterocycles. The van der Waals surface area contributed by atoms with Crippen molar-refractivity contribution in [2.24, 2.45) is 0 Å². The Morgan fingerprint density at radius 3 is 1.31 bits per heavy atom. The van der Waals surface area contributed by atoms with Gasteiger partial charge in [-0.3, -0.25) is 20.2 Å². The van der Waals surface area contributed by atoms with E-state index in [1.807, 2.05) is 76.3 Å². The number of fused-ring (bicyclic) bond motifs is 4. The van der Waals surface area contributed by atoms with Crippen LogP contribution >= 0.6 is 0 Å². The Labute approximate surface area is 356 Å². The van der Waals surface area contributed by atoms with Gasteiger partial charge in [-0.2, -0.15) is 0 Å². The van der Waals surface area contributed by atoms with Crippen LogP contribution in [0.2, 0.25) is 0 Å². The largest absolute Gasteiger partial charge is 0.478 e. The van der Waals surface area contributed by atoms with Crippen LogP contribution in [0.15, 0.2) is 97.1 Å². The lowest BCUT2D eigenvalue weighted by Crippen LogP contribution is -2.59. The molecule has 14 nitrogen and oxygen atoms in total. The molecule has 5 aromatic rings. The van der Waals surface area contributed by atoms with Crippen LogP contribution in [-0.4, -0.2) is 43.4 Å². The lowest BCUT2D eigenvalue weighted by atomic mass is 9.75. The second-order valence-corrected chi connectivity index (χ2v) is 17.5. The summed E-state index contributed by atoms with van der Waals surface area (Å²) in [5.41, 5.74) is 3.63. The molecule has 0 fully saturated rings. The molecule has 2 spiro atoms. The van der Waals surface area contributed by atoms with Gasteiger partial charge in [-0.1, -0.05) is 24.3 Å². The minimum atomic E-state index is -1.15. The van der Waals surface area contributed by atoms with Crippen LogP contribution in [0.5, 0.6) is 11.5 Å². The predicted molar refractivity (Wildman–Crippen MR) is 232 cm³/mol. The average Bonchev–Trinajstić information content (AvgIpc) is 3.51. The number of rotatable bonds is 8. The number of carboxylic acids is 2. The van der Waals surface area contributed by atoms with Gasteiger partial charge in [-0.15, -0.1) is 0 Å². The molecule has 0 saturated carbocycles. The highest BCUT2D eigenvalue weighted by atomic mass is 16.6. The summed E-state index contributed by atoms with van der Waals surface area (Å²) in [5.74, 6) is -1.09. The number of carbonyl (C=O) groups is 2. The van der Waals surface area contributed by atoms with E-state index in [0.717, 1.165) is 33.6 Å². The number of nitrogens with zero attached hydrogens (tertiary/aromatic N) is 4. The van der Waals surface area contributed by atoms with Gasteiger partial charge in [0, 0.05) is 59.9 Å². The molecule has 2 N–H and O–H groups in total. The highest BCUT2D eigenvalue weighted by Crippen LogP contribution is 2.58. The van der Waals surface area contributed by atoms with Gasteiger partial charge in [0.2, 0.25) is 11.4 Å². The fourth-order valence-corrected chi connectivity index (χ4v) is 9.80. The van der Waals surface area contributed by atoms with Crippen molar-refractivity contribution in [3.63, 3.8) is 0 Å². The predicted octanol–water partition coefficient (Wildman–Crippen LogP) is 9.72. The number of benzene rings is 5. The molecule has 2 atom stereocenters. The number of carboxylic acid groups (broad SMARTS) is 2. The summed E-state index contributed by atoms with van der Waals surface area (Å²) < 4.78 is 14.0. The summed E-state index contributed by atoms with van der Waals surface area (Å²) in [5, 5.41) is 43.4. The number of nitro benzene ring substituents is 2. The Morgan fingerprint density at radius 1 is 0.597 bits per heavy atom.